The number of amides is 1. The molecule has 174 valence electrons. The van der Waals surface area contributed by atoms with Gasteiger partial charge in [0.2, 0.25) is 0 Å². The van der Waals surface area contributed by atoms with E-state index in [1.807, 2.05) is 24.3 Å². The summed E-state index contributed by atoms with van der Waals surface area (Å²) in [7, 11) is 0. The van der Waals surface area contributed by atoms with Crippen LogP contribution in [0.3, 0.4) is 0 Å². The maximum absolute atomic E-state index is 14.9. The predicted molar refractivity (Wildman–Crippen MR) is 127 cm³/mol. The zero-order chi connectivity index (χ0) is 23.9. The third-order valence-corrected chi connectivity index (χ3v) is 6.30. The van der Waals surface area contributed by atoms with Crippen LogP contribution in [0.2, 0.25) is 0 Å². The van der Waals surface area contributed by atoms with Gasteiger partial charge >= 0.3 is 0 Å². The summed E-state index contributed by atoms with van der Waals surface area (Å²) in [4.78, 5) is 27.2. The van der Waals surface area contributed by atoms with Crippen molar-refractivity contribution in [3.05, 3.63) is 89.8 Å². The Morgan fingerprint density at radius 2 is 1.97 bits per heavy atom. The molecule has 9 heteroatoms. The van der Waals surface area contributed by atoms with Gasteiger partial charge in [-0.3, -0.25) is 9.78 Å². The van der Waals surface area contributed by atoms with E-state index in [0.717, 1.165) is 22.2 Å². The molecule has 0 bridgehead atoms. The molecule has 35 heavy (non-hydrogen) atoms. The number of aliphatic hydroxyl groups excluding tert-OH is 1. The fourth-order valence-electron chi connectivity index (χ4n) is 4.46. The summed E-state index contributed by atoms with van der Waals surface area (Å²) in [5.74, 6) is -0.605. The predicted octanol–water partition coefficient (Wildman–Crippen LogP) is 3.28. The SMILES string of the molecule is O=C(c1ccc(-c2cnc3ncc(Cc4ccc5ncccc5c4)n3n2)cc1F)N1CC[C@@H](O)C1. The molecule has 0 spiro atoms. The van der Waals surface area contributed by atoms with Gasteiger partial charge in [-0.1, -0.05) is 18.2 Å². The fourth-order valence-corrected chi connectivity index (χ4v) is 4.46. The third kappa shape index (κ3) is 4.00. The molecule has 4 heterocycles. The van der Waals surface area contributed by atoms with Crippen molar-refractivity contribution < 1.29 is 14.3 Å². The largest absolute Gasteiger partial charge is 0.391 e. The van der Waals surface area contributed by atoms with Gasteiger partial charge in [-0.2, -0.15) is 5.10 Å². The van der Waals surface area contributed by atoms with Crippen LogP contribution < -0.4 is 0 Å². The minimum absolute atomic E-state index is 0.0222. The molecule has 1 aliphatic heterocycles. The number of likely N-dealkylation sites (tertiary alicyclic amines) is 1. The molecule has 6 rings (SSSR count). The average Bonchev–Trinajstić information content (AvgIpc) is 3.49. The molecule has 5 aromatic rings. The Kier molecular flexibility index (Phi) is 5.18. The van der Waals surface area contributed by atoms with Crippen molar-refractivity contribution in [3.63, 3.8) is 0 Å². The molecule has 1 N–H and O–H groups in total. The molecule has 3 aromatic heterocycles. The summed E-state index contributed by atoms with van der Waals surface area (Å²) < 4.78 is 16.6. The van der Waals surface area contributed by atoms with Crippen LogP contribution in [0.5, 0.6) is 0 Å². The van der Waals surface area contributed by atoms with E-state index >= 15 is 0 Å². The van der Waals surface area contributed by atoms with Gasteiger partial charge in [0.05, 0.1) is 35.3 Å². The number of fused-ring (bicyclic) bond motifs is 2. The lowest BCUT2D eigenvalue weighted by molar-refractivity contribution is 0.0760. The number of rotatable bonds is 4. The van der Waals surface area contributed by atoms with E-state index in [1.165, 1.54) is 17.0 Å². The summed E-state index contributed by atoms with van der Waals surface area (Å²) in [6.07, 6.45) is 5.59. The van der Waals surface area contributed by atoms with E-state index in [-0.39, 0.29) is 12.1 Å². The molecule has 0 radical (unpaired) electrons. The smallest absolute Gasteiger partial charge is 0.256 e. The van der Waals surface area contributed by atoms with Gasteiger partial charge in [-0.05, 0) is 42.3 Å². The number of hydrogen-bond donors (Lipinski definition) is 1. The van der Waals surface area contributed by atoms with Gasteiger partial charge in [0, 0.05) is 36.7 Å². The number of pyridine rings is 1. The fraction of sp³-hybridized carbons (Fsp3) is 0.192. The number of aliphatic hydroxyl groups is 1. The first-order chi connectivity index (χ1) is 17.0. The lowest BCUT2D eigenvalue weighted by atomic mass is 10.1. The van der Waals surface area contributed by atoms with Gasteiger partial charge in [0.25, 0.3) is 11.7 Å². The van der Waals surface area contributed by atoms with Crippen LogP contribution in [-0.4, -0.2) is 59.7 Å². The summed E-state index contributed by atoms with van der Waals surface area (Å²) in [5.41, 5.74) is 3.81. The molecule has 1 fully saturated rings. The second-order valence-electron chi connectivity index (χ2n) is 8.70. The summed E-state index contributed by atoms with van der Waals surface area (Å²) in [5, 5.41) is 15.4. The standard InChI is InChI=1S/C26H21FN6O2/c27-22-12-18(4-5-21(22)25(35)32-9-7-20(34)15-32)24-14-30-26-29-13-19(33(26)31-24)11-16-3-6-23-17(10-16)2-1-8-28-23/h1-6,8,10,12-14,20,34H,7,9,11,15H2/t20-/m1/s1. The highest BCUT2D eigenvalue weighted by Gasteiger charge is 2.27. The summed E-state index contributed by atoms with van der Waals surface area (Å²) in [6.45, 7) is 0.639. The van der Waals surface area contributed by atoms with Crippen LogP contribution in [0, 0.1) is 5.82 Å². The number of carbonyl (C=O) groups is 1. The van der Waals surface area contributed by atoms with Crippen molar-refractivity contribution in [3.8, 4) is 11.3 Å². The topological polar surface area (TPSA) is 96.5 Å². The lowest BCUT2D eigenvalue weighted by Gasteiger charge is -2.16. The van der Waals surface area contributed by atoms with E-state index in [2.05, 4.69) is 26.1 Å². The van der Waals surface area contributed by atoms with Crippen LogP contribution in [-0.2, 0) is 6.42 Å². The quantitative estimate of drug-likeness (QED) is 0.435. The van der Waals surface area contributed by atoms with Crippen molar-refractivity contribution in [1.29, 1.82) is 0 Å². The van der Waals surface area contributed by atoms with E-state index in [4.69, 9.17) is 0 Å². The van der Waals surface area contributed by atoms with Gasteiger partial charge in [0.15, 0.2) is 0 Å². The second kappa shape index (κ2) is 8.52. The third-order valence-electron chi connectivity index (χ3n) is 6.30. The molecule has 1 amide bonds. The monoisotopic (exact) mass is 468 g/mol. The van der Waals surface area contributed by atoms with Crippen molar-refractivity contribution in [2.75, 3.05) is 13.1 Å². The first-order valence-electron chi connectivity index (χ1n) is 11.4. The van der Waals surface area contributed by atoms with Crippen LogP contribution >= 0.6 is 0 Å². The molecule has 0 aliphatic carbocycles. The maximum atomic E-state index is 14.9. The molecule has 1 saturated heterocycles. The molecule has 0 saturated carbocycles. The molecule has 2 aromatic carbocycles. The highest BCUT2D eigenvalue weighted by atomic mass is 19.1. The Hall–Kier alpha value is -4.24. The van der Waals surface area contributed by atoms with Gasteiger partial charge in [-0.15, -0.1) is 0 Å². The number of β-amino-alcohol motifs (C(OH)–C–C–N with tert-alkyl or cyclic N) is 1. The van der Waals surface area contributed by atoms with Crippen molar-refractivity contribution in [2.24, 2.45) is 0 Å². The number of hydrogen-bond acceptors (Lipinski definition) is 6. The zero-order valence-corrected chi connectivity index (χ0v) is 18.7. The number of carbonyl (C=O) groups excluding carboxylic acids is 1. The Balaban J connectivity index is 1.30. The van der Waals surface area contributed by atoms with E-state index in [9.17, 15) is 14.3 Å². The number of aromatic nitrogens is 5. The van der Waals surface area contributed by atoms with E-state index < -0.39 is 17.8 Å². The number of halogens is 1. The van der Waals surface area contributed by atoms with Crippen LogP contribution in [0.4, 0.5) is 4.39 Å². The van der Waals surface area contributed by atoms with Gasteiger partial charge in [-0.25, -0.2) is 18.9 Å². The lowest BCUT2D eigenvalue weighted by Crippen LogP contribution is -2.30. The second-order valence-corrected chi connectivity index (χ2v) is 8.70. The van der Waals surface area contributed by atoms with Crippen molar-refractivity contribution >= 4 is 22.6 Å². The van der Waals surface area contributed by atoms with Crippen LogP contribution in [0.25, 0.3) is 27.9 Å². The molecule has 0 unspecified atom stereocenters. The molecular formula is C26H21FN6O2. The summed E-state index contributed by atoms with van der Waals surface area (Å²) in [6, 6.07) is 14.4. The van der Waals surface area contributed by atoms with E-state index in [1.54, 1.807) is 29.2 Å². The van der Waals surface area contributed by atoms with Crippen LogP contribution in [0.15, 0.2) is 67.1 Å². The zero-order valence-electron chi connectivity index (χ0n) is 18.7. The van der Waals surface area contributed by atoms with Crippen molar-refractivity contribution in [2.45, 2.75) is 18.9 Å². The number of imidazole rings is 1. The van der Waals surface area contributed by atoms with Gasteiger partial charge in [0.1, 0.15) is 11.5 Å². The summed E-state index contributed by atoms with van der Waals surface area (Å²) >= 11 is 0. The highest BCUT2D eigenvalue weighted by molar-refractivity contribution is 5.95. The Bertz CT molecular complexity index is 1580. The minimum Gasteiger partial charge on any atom is -0.391 e. The first kappa shape index (κ1) is 21.3. The maximum Gasteiger partial charge on any atom is 0.256 e. The molecule has 8 nitrogen and oxygen atoms in total. The average molecular weight is 468 g/mol. The number of nitrogens with zero attached hydrogens (tertiary/aromatic N) is 6. The van der Waals surface area contributed by atoms with Crippen molar-refractivity contribution in [1.82, 2.24) is 29.5 Å². The molecule has 1 atom stereocenters. The number of benzene rings is 2. The van der Waals surface area contributed by atoms with E-state index in [0.29, 0.717) is 36.4 Å². The molecule has 1 aliphatic rings. The Labute approximate surface area is 199 Å². The Morgan fingerprint density at radius 3 is 2.80 bits per heavy atom. The highest BCUT2D eigenvalue weighted by Crippen LogP contribution is 2.23. The van der Waals surface area contributed by atoms with Crippen LogP contribution in [0.1, 0.15) is 28.0 Å². The minimum atomic E-state index is -0.633. The Morgan fingerprint density at radius 1 is 1.09 bits per heavy atom. The first-order valence-corrected chi connectivity index (χ1v) is 11.4. The van der Waals surface area contributed by atoms with Gasteiger partial charge < -0.3 is 10.0 Å². The normalized spacial score (nSPS) is 15.8. The molecular weight excluding hydrogens is 447 g/mol.